The minimum atomic E-state index is -0.383. The molecule has 1 amide bonds. The molecule has 2 unspecified atom stereocenters. The average Bonchev–Trinajstić information content (AvgIpc) is 2.22. The summed E-state index contributed by atoms with van der Waals surface area (Å²) in [5.74, 6) is -0.0220. The van der Waals surface area contributed by atoms with Gasteiger partial charge in [-0.15, -0.1) is 0 Å². The summed E-state index contributed by atoms with van der Waals surface area (Å²) >= 11 is 0. The van der Waals surface area contributed by atoms with Crippen LogP contribution in [-0.4, -0.2) is 11.0 Å². The molecule has 80 valence electrons. The van der Waals surface area contributed by atoms with Gasteiger partial charge in [-0.25, -0.2) is 0 Å². The Morgan fingerprint density at radius 1 is 1.33 bits per heavy atom. The third-order valence-electron chi connectivity index (χ3n) is 2.84. The van der Waals surface area contributed by atoms with Gasteiger partial charge < -0.3 is 10.4 Å². The van der Waals surface area contributed by atoms with Gasteiger partial charge in [0.25, 0.3) is 0 Å². The Kier molecular flexibility index (Phi) is 2.73. The summed E-state index contributed by atoms with van der Waals surface area (Å²) < 4.78 is 0. The van der Waals surface area contributed by atoms with Crippen molar-refractivity contribution >= 4 is 5.91 Å². The van der Waals surface area contributed by atoms with Gasteiger partial charge in [-0.2, -0.15) is 0 Å². The number of aliphatic hydroxyl groups excluding tert-OH is 1. The first-order chi connectivity index (χ1) is 7.18. The SMILES string of the molecule is CC(=O)NC1CCC(O)c2ccccc21. The maximum absolute atomic E-state index is 11.0. The fourth-order valence-electron chi connectivity index (χ4n) is 2.16. The van der Waals surface area contributed by atoms with Crippen molar-refractivity contribution in [2.24, 2.45) is 0 Å². The number of aliphatic hydroxyl groups is 1. The first-order valence-electron chi connectivity index (χ1n) is 5.22. The Hall–Kier alpha value is -1.35. The van der Waals surface area contributed by atoms with Gasteiger partial charge in [0.2, 0.25) is 5.91 Å². The molecular formula is C12H15NO2. The minimum Gasteiger partial charge on any atom is -0.388 e. The zero-order valence-corrected chi connectivity index (χ0v) is 8.73. The van der Waals surface area contributed by atoms with Gasteiger partial charge in [-0.1, -0.05) is 24.3 Å². The maximum atomic E-state index is 11.0. The van der Waals surface area contributed by atoms with Crippen LogP contribution in [0, 0.1) is 0 Å². The van der Waals surface area contributed by atoms with Crippen LogP contribution in [0.1, 0.15) is 43.0 Å². The largest absolute Gasteiger partial charge is 0.388 e. The Morgan fingerprint density at radius 2 is 2.00 bits per heavy atom. The highest BCUT2D eigenvalue weighted by atomic mass is 16.3. The predicted molar refractivity (Wildman–Crippen MR) is 57.2 cm³/mol. The van der Waals surface area contributed by atoms with E-state index in [-0.39, 0.29) is 18.1 Å². The maximum Gasteiger partial charge on any atom is 0.217 e. The van der Waals surface area contributed by atoms with Crippen LogP contribution in [0.2, 0.25) is 0 Å². The Bertz CT molecular complexity index is 376. The highest BCUT2D eigenvalue weighted by molar-refractivity contribution is 5.73. The van der Waals surface area contributed by atoms with Gasteiger partial charge in [0.15, 0.2) is 0 Å². The van der Waals surface area contributed by atoms with E-state index in [0.717, 1.165) is 17.5 Å². The van der Waals surface area contributed by atoms with Crippen LogP contribution in [0.15, 0.2) is 24.3 Å². The third kappa shape index (κ3) is 2.02. The summed E-state index contributed by atoms with van der Waals surface area (Å²) in [5, 5.41) is 12.7. The summed E-state index contributed by atoms with van der Waals surface area (Å²) in [6.45, 7) is 1.52. The van der Waals surface area contributed by atoms with E-state index in [1.807, 2.05) is 24.3 Å². The van der Waals surface area contributed by atoms with Crippen LogP contribution in [0.5, 0.6) is 0 Å². The van der Waals surface area contributed by atoms with E-state index >= 15 is 0 Å². The Balaban J connectivity index is 2.31. The molecule has 1 aromatic rings. The third-order valence-corrected chi connectivity index (χ3v) is 2.84. The normalized spacial score (nSPS) is 24.4. The number of amides is 1. The van der Waals surface area contributed by atoms with Crippen molar-refractivity contribution in [2.45, 2.75) is 31.9 Å². The first-order valence-corrected chi connectivity index (χ1v) is 5.22. The van der Waals surface area contributed by atoms with E-state index in [2.05, 4.69) is 5.32 Å². The van der Waals surface area contributed by atoms with Crippen LogP contribution in [-0.2, 0) is 4.79 Å². The van der Waals surface area contributed by atoms with Crippen molar-refractivity contribution in [3.05, 3.63) is 35.4 Å². The van der Waals surface area contributed by atoms with Gasteiger partial charge in [0.1, 0.15) is 0 Å². The standard InChI is InChI=1S/C12H15NO2/c1-8(14)13-11-6-7-12(15)10-5-3-2-4-9(10)11/h2-5,11-12,15H,6-7H2,1H3,(H,13,14). The molecule has 0 bridgehead atoms. The quantitative estimate of drug-likeness (QED) is 0.733. The number of carbonyl (C=O) groups excluding carboxylic acids is 1. The second kappa shape index (κ2) is 4.03. The fraction of sp³-hybridized carbons (Fsp3) is 0.417. The number of carbonyl (C=O) groups is 1. The van der Waals surface area contributed by atoms with Gasteiger partial charge >= 0.3 is 0 Å². The summed E-state index contributed by atoms with van der Waals surface area (Å²) in [6.07, 6.45) is 1.13. The molecule has 2 N–H and O–H groups in total. The molecule has 3 heteroatoms. The molecule has 0 heterocycles. The highest BCUT2D eigenvalue weighted by Crippen LogP contribution is 2.35. The molecule has 15 heavy (non-hydrogen) atoms. The number of hydrogen-bond acceptors (Lipinski definition) is 2. The lowest BCUT2D eigenvalue weighted by Crippen LogP contribution is -2.30. The molecule has 0 saturated carbocycles. The Labute approximate surface area is 89.1 Å². The van der Waals surface area contributed by atoms with Gasteiger partial charge in [0.05, 0.1) is 12.1 Å². The lowest BCUT2D eigenvalue weighted by Gasteiger charge is -2.29. The summed E-state index contributed by atoms with van der Waals surface area (Å²) in [7, 11) is 0. The molecule has 2 rings (SSSR count). The van der Waals surface area contributed by atoms with Crippen LogP contribution < -0.4 is 5.32 Å². The zero-order valence-electron chi connectivity index (χ0n) is 8.73. The fourth-order valence-corrected chi connectivity index (χ4v) is 2.16. The Morgan fingerprint density at radius 3 is 2.67 bits per heavy atom. The van der Waals surface area contributed by atoms with Crippen molar-refractivity contribution < 1.29 is 9.90 Å². The van der Waals surface area contributed by atoms with E-state index < -0.39 is 0 Å². The lowest BCUT2D eigenvalue weighted by atomic mass is 9.86. The van der Waals surface area contributed by atoms with Crippen molar-refractivity contribution in [1.82, 2.24) is 5.32 Å². The molecule has 0 radical (unpaired) electrons. The van der Waals surface area contributed by atoms with Crippen molar-refractivity contribution in [1.29, 1.82) is 0 Å². The second-order valence-electron chi connectivity index (χ2n) is 3.98. The average molecular weight is 205 g/mol. The van der Waals surface area contributed by atoms with Gasteiger partial charge in [-0.3, -0.25) is 4.79 Å². The van der Waals surface area contributed by atoms with E-state index in [4.69, 9.17) is 0 Å². The topological polar surface area (TPSA) is 49.3 Å². The molecule has 0 spiro atoms. The summed E-state index contributed by atoms with van der Waals surface area (Å²) in [5.41, 5.74) is 1.99. The van der Waals surface area contributed by atoms with Crippen molar-refractivity contribution in [3.63, 3.8) is 0 Å². The van der Waals surface area contributed by atoms with Crippen LogP contribution in [0.25, 0.3) is 0 Å². The first kappa shape index (κ1) is 10.2. The van der Waals surface area contributed by atoms with Crippen LogP contribution in [0.3, 0.4) is 0 Å². The summed E-state index contributed by atoms with van der Waals surface area (Å²) in [4.78, 5) is 11.0. The molecule has 2 atom stereocenters. The molecule has 1 aliphatic rings. The number of hydrogen-bond donors (Lipinski definition) is 2. The highest BCUT2D eigenvalue weighted by Gasteiger charge is 2.25. The molecule has 1 aromatic carbocycles. The van der Waals surface area contributed by atoms with E-state index in [9.17, 15) is 9.90 Å². The van der Waals surface area contributed by atoms with Crippen molar-refractivity contribution in [2.75, 3.05) is 0 Å². The monoisotopic (exact) mass is 205 g/mol. The number of rotatable bonds is 1. The molecule has 0 fully saturated rings. The summed E-state index contributed by atoms with van der Waals surface area (Å²) in [6, 6.07) is 7.80. The van der Waals surface area contributed by atoms with E-state index in [0.29, 0.717) is 6.42 Å². The number of fused-ring (bicyclic) bond motifs is 1. The molecule has 0 aromatic heterocycles. The molecular weight excluding hydrogens is 190 g/mol. The number of benzene rings is 1. The predicted octanol–water partition coefficient (Wildman–Crippen LogP) is 1.69. The van der Waals surface area contributed by atoms with Crippen LogP contribution >= 0.6 is 0 Å². The smallest absolute Gasteiger partial charge is 0.217 e. The van der Waals surface area contributed by atoms with E-state index in [1.165, 1.54) is 6.92 Å². The molecule has 3 nitrogen and oxygen atoms in total. The van der Waals surface area contributed by atoms with Gasteiger partial charge in [-0.05, 0) is 24.0 Å². The second-order valence-corrected chi connectivity index (χ2v) is 3.98. The zero-order chi connectivity index (χ0) is 10.8. The molecule has 0 saturated heterocycles. The van der Waals surface area contributed by atoms with Crippen LogP contribution in [0.4, 0.5) is 0 Å². The number of nitrogens with one attached hydrogen (secondary N) is 1. The molecule has 1 aliphatic carbocycles. The van der Waals surface area contributed by atoms with Gasteiger partial charge in [0, 0.05) is 6.92 Å². The minimum absolute atomic E-state index is 0.0220. The lowest BCUT2D eigenvalue weighted by molar-refractivity contribution is -0.119. The van der Waals surface area contributed by atoms with E-state index in [1.54, 1.807) is 0 Å². The van der Waals surface area contributed by atoms with Crippen molar-refractivity contribution in [3.8, 4) is 0 Å². The molecule has 0 aliphatic heterocycles.